The Morgan fingerprint density at radius 1 is 1.16 bits per heavy atom. The smallest absolute Gasteiger partial charge is 0.315 e. The first kappa shape index (κ1) is 17.0. The van der Waals surface area contributed by atoms with Crippen LogP contribution in [0.5, 0.6) is 0 Å². The highest BCUT2D eigenvalue weighted by atomic mass is 35.5. The zero-order valence-corrected chi connectivity index (χ0v) is 14.4. The van der Waals surface area contributed by atoms with Crippen molar-refractivity contribution in [2.75, 3.05) is 0 Å². The number of H-pyrrole nitrogens is 1. The zero-order valence-electron chi connectivity index (χ0n) is 13.7. The number of carbonyl (C=O) groups is 1. The Morgan fingerprint density at radius 3 is 2.60 bits per heavy atom. The molecule has 7 heteroatoms. The number of hydrogen-bond donors (Lipinski definition) is 3. The molecule has 0 bridgehead atoms. The lowest BCUT2D eigenvalue weighted by Crippen LogP contribution is -2.37. The van der Waals surface area contributed by atoms with E-state index in [0.717, 1.165) is 11.1 Å². The average molecular weight is 356 g/mol. The molecule has 128 valence electrons. The minimum Gasteiger partial charge on any atom is -0.334 e. The molecular formula is C18H18ClN5O. The summed E-state index contributed by atoms with van der Waals surface area (Å²) in [6.45, 7) is 2.31. The van der Waals surface area contributed by atoms with Crippen LogP contribution in [-0.4, -0.2) is 21.2 Å². The molecule has 3 aromatic rings. The zero-order chi connectivity index (χ0) is 17.6. The van der Waals surface area contributed by atoms with Gasteiger partial charge in [0.25, 0.3) is 0 Å². The average Bonchev–Trinajstić information content (AvgIpc) is 3.12. The fourth-order valence-corrected chi connectivity index (χ4v) is 2.42. The van der Waals surface area contributed by atoms with Crippen LogP contribution in [0.15, 0.2) is 54.6 Å². The standard InChI is InChI=1S/C18H18ClN5O/c1-12(21-18(25)20-11-13-5-3-2-4-6-13)16-22-17(24-23-16)14-7-9-15(19)10-8-14/h2-10,12H,11H2,1H3,(H2,20,21,25)(H,22,23,24). The van der Waals surface area contributed by atoms with Gasteiger partial charge in [-0.15, -0.1) is 0 Å². The first-order valence-electron chi connectivity index (χ1n) is 7.88. The molecule has 2 aromatic carbocycles. The lowest BCUT2D eigenvalue weighted by molar-refractivity contribution is 0.237. The highest BCUT2D eigenvalue weighted by Gasteiger charge is 2.14. The van der Waals surface area contributed by atoms with Crippen LogP contribution < -0.4 is 10.6 Å². The number of rotatable bonds is 5. The predicted octanol–water partition coefficient (Wildman–Crippen LogP) is 3.69. The van der Waals surface area contributed by atoms with E-state index in [1.807, 2.05) is 49.4 Å². The van der Waals surface area contributed by atoms with Crippen molar-refractivity contribution in [3.8, 4) is 11.4 Å². The Labute approximate surface area is 150 Å². The summed E-state index contributed by atoms with van der Waals surface area (Å²) >= 11 is 5.88. The maximum Gasteiger partial charge on any atom is 0.315 e. The van der Waals surface area contributed by atoms with Crippen molar-refractivity contribution in [3.63, 3.8) is 0 Å². The number of amides is 2. The first-order chi connectivity index (χ1) is 12.1. The Hall–Kier alpha value is -2.86. The molecule has 3 N–H and O–H groups in total. The number of nitrogens with one attached hydrogen (secondary N) is 3. The van der Waals surface area contributed by atoms with Crippen molar-refractivity contribution in [2.45, 2.75) is 19.5 Å². The normalized spacial score (nSPS) is 11.8. The van der Waals surface area contributed by atoms with E-state index in [1.165, 1.54) is 0 Å². The van der Waals surface area contributed by atoms with Crippen molar-refractivity contribution in [1.82, 2.24) is 25.8 Å². The molecule has 6 nitrogen and oxygen atoms in total. The van der Waals surface area contributed by atoms with Gasteiger partial charge in [0.2, 0.25) is 0 Å². The van der Waals surface area contributed by atoms with E-state index in [0.29, 0.717) is 23.2 Å². The molecule has 1 atom stereocenters. The second kappa shape index (κ2) is 7.81. The van der Waals surface area contributed by atoms with Crippen LogP contribution in [0.2, 0.25) is 5.02 Å². The van der Waals surface area contributed by atoms with Crippen molar-refractivity contribution in [1.29, 1.82) is 0 Å². The third-order valence-electron chi connectivity index (χ3n) is 3.66. The van der Waals surface area contributed by atoms with E-state index < -0.39 is 0 Å². The van der Waals surface area contributed by atoms with E-state index in [9.17, 15) is 4.79 Å². The van der Waals surface area contributed by atoms with Gasteiger partial charge in [-0.1, -0.05) is 41.9 Å². The summed E-state index contributed by atoms with van der Waals surface area (Å²) in [5.74, 6) is 1.14. The van der Waals surface area contributed by atoms with E-state index >= 15 is 0 Å². The van der Waals surface area contributed by atoms with Gasteiger partial charge < -0.3 is 10.6 Å². The van der Waals surface area contributed by atoms with Crippen LogP contribution in [0.1, 0.15) is 24.4 Å². The quantitative estimate of drug-likeness (QED) is 0.652. The minimum atomic E-state index is -0.302. The maximum atomic E-state index is 12.0. The molecule has 0 spiro atoms. The van der Waals surface area contributed by atoms with Crippen LogP contribution in [0.4, 0.5) is 4.79 Å². The Bertz CT molecular complexity index is 832. The van der Waals surface area contributed by atoms with E-state index in [2.05, 4.69) is 25.8 Å². The Morgan fingerprint density at radius 2 is 1.88 bits per heavy atom. The number of halogens is 1. The van der Waals surface area contributed by atoms with Gasteiger partial charge in [-0.05, 0) is 36.8 Å². The number of carbonyl (C=O) groups excluding carboxylic acids is 1. The molecule has 1 unspecified atom stereocenters. The summed E-state index contributed by atoms with van der Waals surface area (Å²) in [6, 6.07) is 16.4. The van der Waals surface area contributed by atoms with Crippen molar-refractivity contribution >= 4 is 17.6 Å². The maximum absolute atomic E-state index is 12.0. The monoisotopic (exact) mass is 355 g/mol. The summed E-state index contributed by atoms with van der Waals surface area (Å²) in [6.07, 6.45) is 0. The van der Waals surface area contributed by atoms with Gasteiger partial charge in [-0.2, -0.15) is 5.10 Å². The Kier molecular flexibility index (Phi) is 5.30. The SMILES string of the molecule is CC(NC(=O)NCc1ccccc1)c1nc(-c2ccc(Cl)cc2)n[nH]1. The molecule has 0 aliphatic heterocycles. The van der Waals surface area contributed by atoms with E-state index in [1.54, 1.807) is 12.1 Å². The lowest BCUT2D eigenvalue weighted by atomic mass is 10.2. The van der Waals surface area contributed by atoms with Gasteiger partial charge in [0.1, 0.15) is 5.82 Å². The minimum absolute atomic E-state index is 0.263. The summed E-state index contributed by atoms with van der Waals surface area (Å²) < 4.78 is 0. The fraction of sp³-hybridized carbons (Fsp3) is 0.167. The second-order valence-electron chi connectivity index (χ2n) is 5.59. The number of aromatic amines is 1. The Balaban J connectivity index is 1.57. The van der Waals surface area contributed by atoms with Gasteiger partial charge in [0.05, 0.1) is 6.04 Å². The summed E-state index contributed by atoms with van der Waals surface area (Å²) in [5, 5.41) is 13.4. The molecule has 0 saturated heterocycles. The number of urea groups is 1. The van der Waals surface area contributed by atoms with Gasteiger partial charge in [-0.3, -0.25) is 5.10 Å². The summed E-state index contributed by atoms with van der Waals surface area (Å²) in [5.41, 5.74) is 1.89. The van der Waals surface area contributed by atoms with Crippen molar-refractivity contribution in [3.05, 3.63) is 71.0 Å². The van der Waals surface area contributed by atoms with Crippen molar-refractivity contribution in [2.24, 2.45) is 0 Å². The van der Waals surface area contributed by atoms with Crippen molar-refractivity contribution < 1.29 is 4.79 Å². The van der Waals surface area contributed by atoms with Gasteiger partial charge in [0, 0.05) is 17.1 Å². The summed E-state index contributed by atoms with van der Waals surface area (Å²) in [4.78, 5) is 16.4. The third kappa shape index (κ3) is 4.58. The third-order valence-corrected chi connectivity index (χ3v) is 3.91. The predicted molar refractivity (Wildman–Crippen MR) is 97.1 cm³/mol. The molecular weight excluding hydrogens is 338 g/mol. The van der Waals surface area contributed by atoms with Crippen LogP contribution in [0, 0.1) is 0 Å². The fourth-order valence-electron chi connectivity index (χ4n) is 2.29. The molecule has 1 heterocycles. The van der Waals surface area contributed by atoms with Gasteiger partial charge in [-0.25, -0.2) is 9.78 Å². The van der Waals surface area contributed by atoms with Crippen LogP contribution in [0.25, 0.3) is 11.4 Å². The molecule has 0 radical (unpaired) electrons. The van der Waals surface area contributed by atoms with Gasteiger partial charge >= 0.3 is 6.03 Å². The highest BCUT2D eigenvalue weighted by Crippen LogP contribution is 2.19. The van der Waals surface area contributed by atoms with E-state index in [-0.39, 0.29) is 12.1 Å². The van der Waals surface area contributed by atoms with Crippen LogP contribution in [0.3, 0.4) is 0 Å². The molecule has 0 aliphatic carbocycles. The number of hydrogen-bond acceptors (Lipinski definition) is 3. The molecule has 0 saturated carbocycles. The first-order valence-corrected chi connectivity index (χ1v) is 8.26. The highest BCUT2D eigenvalue weighted by molar-refractivity contribution is 6.30. The molecule has 1 aromatic heterocycles. The van der Waals surface area contributed by atoms with Crippen LogP contribution >= 0.6 is 11.6 Å². The number of aromatic nitrogens is 3. The molecule has 2 amide bonds. The second-order valence-corrected chi connectivity index (χ2v) is 6.02. The molecule has 0 fully saturated rings. The summed E-state index contributed by atoms with van der Waals surface area (Å²) in [7, 11) is 0. The molecule has 0 aliphatic rings. The van der Waals surface area contributed by atoms with Gasteiger partial charge in [0.15, 0.2) is 5.82 Å². The topological polar surface area (TPSA) is 82.7 Å². The van der Waals surface area contributed by atoms with Crippen LogP contribution in [-0.2, 0) is 6.54 Å². The number of nitrogens with zero attached hydrogens (tertiary/aromatic N) is 2. The largest absolute Gasteiger partial charge is 0.334 e. The number of benzene rings is 2. The van der Waals surface area contributed by atoms with E-state index in [4.69, 9.17) is 11.6 Å². The molecule has 25 heavy (non-hydrogen) atoms. The molecule has 3 rings (SSSR count). The lowest BCUT2D eigenvalue weighted by Gasteiger charge is -2.12.